The Labute approximate surface area is 177 Å². The normalized spacial score (nSPS) is 17.2. The lowest BCUT2D eigenvalue weighted by atomic mass is 9.97. The Morgan fingerprint density at radius 3 is 2.48 bits per heavy atom. The molecule has 1 aliphatic rings. The van der Waals surface area contributed by atoms with E-state index >= 15 is 0 Å². The van der Waals surface area contributed by atoms with Crippen LogP contribution in [-0.2, 0) is 9.47 Å². The van der Waals surface area contributed by atoms with E-state index < -0.39 is 11.6 Å². The number of carbonyl (C=O) groups is 3. The molecule has 162 valence electrons. The number of likely N-dealkylation sites (tertiary alicyclic amines) is 1. The number of hydrogen-bond acceptors (Lipinski definition) is 6. The molecule has 0 radical (unpaired) electrons. The number of methoxy groups -OCH3 is 1. The molecule has 0 aliphatic carbocycles. The van der Waals surface area contributed by atoms with Crippen LogP contribution in [0, 0.1) is 5.92 Å². The van der Waals surface area contributed by atoms with Crippen molar-refractivity contribution in [1.82, 2.24) is 9.80 Å². The van der Waals surface area contributed by atoms with Gasteiger partial charge in [-0.1, -0.05) is 0 Å². The van der Waals surface area contributed by atoms with Crippen molar-refractivity contribution in [3.63, 3.8) is 0 Å². The fourth-order valence-electron chi connectivity index (χ4n) is 3.31. The molecule has 0 N–H and O–H groups in total. The molecule has 1 saturated heterocycles. The third-order valence-corrected chi connectivity index (χ3v) is 5.77. The fraction of sp³-hybridized carbons (Fsp3) is 0.667. The van der Waals surface area contributed by atoms with E-state index in [0.29, 0.717) is 29.4 Å². The number of ether oxygens (including phenoxy) is 2. The van der Waals surface area contributed by atoms with Gasteiger partial charge in [-0.15, -0.1) is 11.3 Å². The second-order valence-corrected chi connectivity index (χ2v) is 9.73. The summed E-state index contributed by atoms with van der Waals surface area (Å²) in [5.41, 5.74) is -0.546. The highest BCUT2D eigenvalue weighted by Gasteiger charge is 2.31. The number of nitrogens with zero attached hydrogens (tertiary/aromatic N) is 2. The molecule has 2 heterocycles. The molecule has 1 aromatic heterocycles. The highest BCUT2D eigenvalue weighted by atomic mass is 32.1. The van der Waals surface area contributed by atoms with E-state index in [1.807, 2.05) is 39.5 Å². The Bertz CT molecular complexity index is 738. The van der Waals surface area contributed by atoms with Crippen molar-refractivity contribution in [2.45, 2.75) is 59.1 Å². The fourth-order valence-corrected chi connectivity index (χ4v) is 4.20. The first-order chi connectivity index (χ1) is 13.5. The molecule has 0 spiro atoms. The van der Waals surface area contributed by atoms with Gasteiger partial charge in [-0.2, -0.15) is 0 Å². The molecule has 1 aromatic rings. The summed E-state index contributed by atoms with van der Waals surface area (Å²) in [5, 5.41) is 0. The summed E-state index contributed by atoms with van der Waals surface area (Å²) >= 11 is 1.15. The van der Waals surface area contributed by atoms with Crippen LogP contribution in [0.5, 0.6) is 0 Å². The van der Waals surface area contributed by atoms with Gasteiger partial charge < -0.3 is 19.3 Å². The zero-order valence-corrected chi connectivity index (χ0v) is 19.0. The third-order valence-electron chi connectivity index (χ3n) is 4.72. The van der Waals surface area contributed by atoms with Crippen molar-refractivity contribution >= 4 is 29.3 Å². The molecule has 0 aromatic carbocycles. The number of carbonyl (C=O) groups excluding carboxylic acids is 3. The molecule has 7 nitrogen and oxygen atoms in total. The number of rotatable bonds is 5. The predicted molar refractivity (Wildman–Crippen MR) is 112 cm³/mol. The summed E-state index contributed by atoms with van der Waals surface area (Å²) in [6, 6.07) is 3.30. The monoisotopic (exact) mass is 424 g/mol. The van der Waals surface area contributed by atoms with Crippen molar-refractivity contribution in [2.75, 3.05) is 26.7 Å². The smallest absolute Gasteiger partial charge is 0.410 e. The van der Waals surface area contributed by atoms with E-state index in [1.54, 1.807) is 17.0 Å². The standard InChI is InChI=1S/C21H32N2O5S/c1-14(2)23(20(26)28-21(3,4)5)13-15-8-7-11-22(12-15)18(24)16-9-10-17(29-16)19(25)27-6/h9-10,14-15H,7-8,11-13H2,1-6H3. The number of piperidine rings is 1. The van der Waals surface area contributed by atoms with Crippen LogP contribution < -0.4 is 0 Å². The van der Waals surface area contributed by atoms with Crippen LogP contribution in [0.2, 0.25) is 0 Å². The van der Waals surface area contributed by atoms with Gasteiger partial charge in [-0.25, -0.2) is 9.59 Å². The summed E-state index contributed by atoms with van der Waals surface area (Å²) in [6.45, 7) is 11.3. The van der Waals surface area contributed by atoms with E-state index in [0.717, 1.165) is 24.2 Å². The maximum Gasteiger partial charge on any atom is 0.410 e. The van der Waals surface area contributed by atoms with Crippen molar-refractivity contribution in [2.24, 2.45) is 5.92 Å². The summed E-state index contributed by atoms with van der Waals surface area (Å²) < 4.78 is 10.3. The van der Waals surface area contributed by atoms with Crippen LogP contribution in [0.15, 0.2) is 12.1 Å². The summed E-state index contributed by atoms with van der Waals surface area (Å²) in [5.74, 6) is -0.332. The lowest BCUT2D eigenvalue weighted by molar-refractivity contribution is 0.0124. The van der Waals surface area contributed by atoms with Crippen LogP contribution in [0.3, 0.4) is 0 Å². The summed E-state index contributed by atoms with van der Waals surface area (Å²) in [6.07, 6.45) is 1.51. The molecule has 1 unspecified atom stereocenters. The highest BCUT2D eigenvalue weighted by Crippen LogP contribution is 2.25. The number of esters is 1. The first-order valence-electron chi connectivity index (χ1n) is 9.99. The predicted octanol–water partition coefficient (Wildman–Crippen LogP) is 4.03. The molecule has 1 fully saturated rings. The van der Waals surface area contributed by atoms with Crippen molar-refractivity contribution < 1.29 is 23.9 Å². The van der Waals surface area contributed by atoms with Crippen LogP contribution >= 0.6 is 11.3 Å². The minimum Gasteiger partial charge on any atom is -0.465 e. The average Bonchev–Trinajstić information content (AvgIpc) is 3.13. The zero-order chi connectivity index (χ0) is 21.8. The Kier molecular flexibility index (Phi) is 7.68. The van der Waals surface area contributed by atoms with E-state index in [9.17, 15) is 14.4 Å². The van der Waals surface area contributed by atoms with Gasteiger partial charge in [0.25, 0.3) is 5.91 Å². The van der Waals surface area contributed by atoms with Gasteiger partial charge in [0, 0.05) is 25.7 Å². The SMILES string of the molecule is COC(=O)c1ccc(C(=O)N2CCCC(CN(C(=O)OC(C)(C)C)C(C)C)C2)s1. The van der Waals surface area contributed by atoms with Crippen molar-refractivity contribution in [3.8, 4) is 0 Å². The Morgan fingerprint density at radius 1 is 1.24 bits per heavy atom. The largest absolute Gasteiger partial charge is 0.465 e. The van der Waals surface area contributed by atoms with Gasteiger partial charge in [0.15, 0.2) is 0 Å². The van der Waals surface area contributed by atoms with Crippen LogP contribution in [0.1, 0.15) is 66.8 Å². The molecule has 1 aliphatic heterocycles. The molecule has 2 rings (SSSR count). The number of thiophene rings is 1. The molecule has 1 atom stereocenters. The first-order valence-corrected chi connectivity index (χ1v) is 10.8. The van der Waals surface area contributed by atoms with Crippen LogP contribution in [0.25, 0.3) is 0 Å². The minimum absolute atomic E-state index is 0.0100. The van der Waals surface area contributed by atoms with Crippen molar-refractivity contribution in [3.05, 3.63) is 21.9 Å². The molecular formula is C21H32N2O5S. The molecule has 0 bridgehead atoms. The maximum atomic E-state index is 12.9. The van der Waals surface area contributed by atoms with E-state index in [2.05, 4.69) is 0 Å². The van der Waals surface area contributed by atoms with Crippen LogP contribution in [-0.4, -0.2) is 66.2 Å². The van der Waals surface area contributed by atoms with Gasteiger partial charge in [-0.3, -0.25) is 4.79 Å². The van der Waals surface area contributed by atoms with Gasteiger partial charge in [0.05, 0.1) is 12.0 Å². The number of hydrogen-bond donors (Lipinski definition) is 0. The number of amides is 2. The lowest BCUT2D eigenvalue weighted by Gasteiger charge is -2.37. The molecule has 0 saturated carbocycles. The van der Waals surface area contributed by atoms with Gasteiger partial charge in [-0.05, 0) is 65.5 Å². The maximum absolute atomic E-state index is 12.9. The van der Waals surface area contributed by atoms with E-state index in [-0.39, 0.29) is 24.0 Å². The third kappa shape index (κ3) is 6.45. The topological polar surface area (TPSA) is 76.2 Å². The Balaban J connectivity index is 2.03. The van der Waals surface area contributed by atoms with E-state index in [4.69, 9.17) is 9.47 Å². The van der Waals surface area contributed by atoms with Gasteiger partial charge in [0.2, 0.25) is 0 Å². The van der Waals surface area contributed by atoms with Crippen LogP contribution in [0.4, 0.5) is 4.79 Å². The Hall–Kier alpha value is -2.09. The molecule has 29 heavy (non-hydrogen) atoms. The molecular weight excluding hydrogens is 392 g/mol. The minimum atomic E-state index is -0.546. The average molecular weight is 425 g/mol. The second-order valence-electron chi connectivity index (χ2n) is 8.64. The Morgan fingerprint density at radius 2 is 1.90 bits per heavy atom. The first kappa shape index (κ1) is 23.2. The van der Waals surface area contributed by atoms with Gasteiger partial charge in [0.1, 0.15) is 10.5 Å². The quantitative estimate of drug-likeness (QED) is 0.667. The summed E-state index contributed by atoms with van der Waals surface area (Å²) in [4.78, 5) is 41.6. The highest BCUT2D eigenvalue weighted by molar-refractivity contribution is 7.15. The summed E-state index contributed by atoms with van der Waals surface area (Å²) in [7, 11) is 1.32. The van der Waals surface area contributed by atoms with Gasteiger partial charge >= 0.3 is 12.1 Å². The lowest BCUT2D eigenvalue weighted by Crippen LogP contribution is -2.48. The molecule has 2 amide bonds. The van der Waals surface area contributed by atoms with E-state index in [1.165, 1.54) is 7.11 Å². The second kappa shape index (κ2) is 9.61. The molecule has 8 heteroatoms. The zero-order valence-electron chi connectivity index (χ0n) is 18.2. The van der Waals surface area contributed by atoms with Crippen molar-refractivity contribution in [1.29, 1.82) is 0 Å².